The highest BCUT2D eigenvalue weighted by atomic mass is 79.9. The molecular formula is C16H22BrFO2. The van der Waals surface area contributed by atoms with Crippen molar-refractivity contribution in [1.82, 2.24) is 0 Å². The fourth-order valence-corrected chi connectivity index (χ4v) is 3.58. The van der Waals surface area contributed by atoms with Gasteiger partial charge in [-0.25, -0.2) is 4.39 Å². The summed E-state index contributed by atoms with van der Waals surface area (Å²) in [6.45, 7) is 0. The molecule has 1 fully saturated rings. The van der Waals surface area contributed by atoms with Crippen molar-refractivity contribution in [2.45, 2.75) is 50.7 Å². The first-order valence-corrected chi connectivity index (χ1v) is 8.06. The topological polar surface area (TPSA) is 29.5 Å². The lowest BCUT2D eigenvalue weighted by Crippen LogP contribution is -2.37. The van der Waals surface area contributed by atoms with Crippen molar-refractivity contribution in [2.75, 3.05) is 7.11 Å². The molecule has 2 atom stereocenters. The van der Waals surface area contributed by atoms with E-state index in [1.54, 1.807) is 19.2 Å². The number of benzene rings is 1. The molecule has 2 nitrogen and oxygen atoms in total. The molecule has 0 amide bonds. The third-order valence-electron chi connectivity index (χ3n) is 4.20. The molecule has 0 radical (unpaired) electrons. The molecule has 20 heavy (non-hydrogen) atoms. The minimum Gasteiger partial charge on any atom is -0.390 e. The quantitative estimate of drug-likeness (QED) is 0.871. The molecule has 0 aromatic heterocycles. The largest absolute Gasteiger partial charge is 0.390 e. The van der Waals surface area contributed by atoms with Crippen LogP contribution >= 0.6 is 15.9 Å². The zero-order valence-corrected chi connectivity index (χ0v) is 13.4. The first kappa shape index (κ1) is 15.9. The Morgan fingerprint density at radius 3 is 2.70 bits per heavy atom. The highest BCUT2D eigenvalue weighted by molar-refractivity contribution is 9.10. The first-order valence-electron chi connectivity index (χ1n) is 7.26. The van der Waals surface area contributed by atoms with Gasteiger partial charge in [0.1, 0.15) is 5.82 Å². The van der Waals surface area contributed by atoms with Crippen molar-refractivity contribution in [2.24, 2.45) is 5.92 Å². The van der Waals surface area contributed by atoms with Crippen LogP contribution in [0, 0.1) is 11.7 Å². The summed E-state index contributed by atoms with van der Waals surface area (Å²) in [5, 5.41) is 10.4. The molecule has 0 saturated heterocycles. The number of methoxy groups -OCH3 is 1. The zero-order valence-electron chi connectivity index (χ0n) is 11.8. The SMILES string of the molecule is COC(C(O)Cc1cc(Br)ccc1F)C1CCCCC1. The average Bonchev–Trinajstić information content (AvgIpc) is 2.45. The highest BCUT2D eigenvalue weighted by Crippen LogP contribution is 2.30. The average molecular weight is 345 g/mol. The number of halogens is 2. The van der Waals surface area contributed by atoms with Gasteiger partial charge in [-0.05, 0) is 42.5 Å². The maximum absolute atomic E-state index is 13.8. The lowest BCUT2D eigenvalue weighted by Gasteiger charge is -2.32. The summed E-state index contributed by atoms with van der Waals surface area (Å²) in [5.74, 6) is 0.115. The minimum atomic E-state index is -0.660. The fourth-order valence-electron chi connectivity index (χ4n) is 3.17. The Bertz CT molecular complexity index is 432. The van der Waals surface area contributed by atoms with Crippen LogP contribution in [0.25, 0.3) is 0 Å². The third-order valence-corrected chi connectivity index (χ3v) is 4.70. The van der Waals surface area contributed by atoms with Crippen LogP contribution in [0.4, 0.5) is 4.39 Å². The van der Waals surface area contributed by atoms with E-state index in [-0.39, 0.29) is 11.9 Å². The van der Waals surface area contributed by atoms with Crippen LogP contribution in [0.2, 0.25) is 0 Å². The third kappa shape index (κ3) is 4.03. The van der Waals surface area contributed by atoms with Crippen molar-refractivity contribution in [3.63, 3.8) is 0 Å². The van der Waals surface area contributed by atoms with Crippen molar-refractivity contribution in [3.05, 3.63) is 34.1 Å². The van der Waals surface area contributed by atoms with Gasteiger partial charge in [-0.2, -0.15) is 0 Å². The Hall–Kier alpha value is -0.450. The molecule has 4 heteroatoms. The number of hydrogen-bond donors (Lipinski definition) is 1. The van der Waals surface area contributed by atoms with E-state index in [1.807, 2.05) is 0 Å². The summed E-state index contributed by atoms with van der Waals surface area (Å²) in [6.07, 6.45) is 5.28. The van der Waals surface area contributed by atoms with Crippen LogP contribution in [0.1, 0.15) is 37.7 Å². The van der Waals surface area contributed by atoms with Crippen LogP contribution in [-0.4, -0.2) is 24.4 Å². The maximum Gasteiger partial charge on any atom is 0.126 e. The van der Waals surface area contributed by atoms with Crippen molar-refractivity contribution in [1.29, 1.82) is 0 Å². The summed E-state index contributed by atoms with van der Waals surface area (Å²) in [5.41, 5.74) is 0.532. The number of ether oxygens (including phenoxy) is 1. The molecule has 1 aromatic rings. The van der Waals surface area contributed by atoms with E-state index in [0.29, 0.717) is 17.9 Å². The molecule has 1 N–H and O–H groups in total. The standard InChI is InChI=1S/C16H22BrFO2/c1-20-16(11-5-3-2-4-6-11)15(19)10-12-9-13(17)7-8-14(12)18/h7-9,11,15-16,19H,2-6,10H2,1H3. The van der Waals surface area contributed by atoms with E-state index in [9.17, 15) is 9.50 Å². The number of rotatable bonds is 5. The van der Waals surface area contributed by atoms with E-state index in [2.05, 4.69) is 15.9 Å². The Labute approximate surface area is 128 Å². The van der Waals surface area contributed by atoms with E-state index in [1.165, 1.54) is 25.3 Å². The van der Waals surface area contributed by atoms with E-state index >= 15 is 0 Å². The molecule has 1 saturated carbocycles. The van der Waals surface area contributed by atoms with Crippen LogP contribution < -0.4 is 0 Å². The van der Waals surface area contributed by atoms with Gasteiger partial charge in [0.05, 0.1) is 12.2 Å². The van der Waals surface area contributed by atoms with Crippen LogP contribution in [0.3, 0.4) is 0 Å². The van der Waals surface area contributed by atoms with Gasteiger partial charge in [0, 0.05) is 18.0 Å². The lowest BCUT2D eigenvalue weighted by molar-refractivity contribution is -0.0538. The smallest absolute Gasteiger partial charge is 0.126 e. The van der Waals surface area contributed by atoms with Crippen LogP contribution in [0.15, 0.2) is 22.7 Å². The molecule has 1 aromatic carbocycles. The molecule has 0 aliphatic heterocycles. The Morgan fingerprint density at radius 2 is 2.05 bits per heavy atom. The monoisotopic (exact) mass is 344 g/mol. The van der Waals surface area contributed by atoms with Gasteiger partial charge in [0.15, 0.2) is 0 Å². The fraction of sp³-hybridized carbons (Fsp3) is 0.625. The Balaban J connectivity index is 2.04. The maximum atomic E-state index is 13.8. The lowest BCUT2D eigenvalue weighted by atomic mass is 9.82. The molecule has 0 spiro atoms. The minimum absolute atomic E-state index is 0.200. The van der Waals surface area contributed by atoms with Gasteiger partial charge >= 0.3 is 0 Å². The summed E-state index contributed by atoms with van der Waals surface area (Å²) in [4.78, 5) is 0. The summed E-state index contributed by atoms with van der Waals surface area (Å²) in [6, 6.07) is 4.82. The number of hydrogen-bond acceptors (Lipinski definition) is 2. The van der Waals surface area contributed by atoms with Gasteiger partial charge < -0.3 is 9.84 Å². The van der Waals surface area contributed by atoms with Gasteiger partial charge in [0.2, 0.25) is 0 Å². The first-order chi connectivity index (χ1) is 9.61. The van der Waals surface area contributed by atoms with Crippen molar-refractivity contribution < 1.29 is 14.2 Å². The summed E-state index contributed by atoms with van der Waals surface area (Å²) < 4.78 is 20.1. The number of aliphatic hydroxyl groups is 1. The van der Waals surface area contributed by atoms with Crippen LogP contribution in [0.5, 0.6) is 0 Å². The zero-order chi connectivity index (χ0) is 14.5. The van der Waals surface area contributed by atoms with E-state index < -0.39 is 6.10 Å². The second kappa shape index (κ2) is 7.53. The van der Waals surface area contributed by atoms with E-state index in [0.717, 1.165) is 17.3 Å². The van der Waals surface area contributed by atoms with Crippen molar-refractivity contribution >= 4 is 15.9 Å². The van der Waals surface area contributed by atoms with Crippen LogP contribution in [-0.2, 0) is 11.2 Å². The summed E-state index contributed by atoms with van der Waals surface area (Å²) in [7, 11) is 1.64. The summed E-state index contributed by atoms with van der Waals surface area (Å²) >= 11 is 3.34. The Kier molecular flexibility index (Phi) is 6.00. The molecular weight excluding hydrogens is 323 g/mol. The predicted octanol–water partition coefficient (Wildman–Crippen LogP) is 4.09. The van der Waals surface area contributed by atoms with Gasteiger partial charge in [-0.15, -0.1) is 0 Å². The highest BCUT2D eigenvalue weighted by Gasteiger charge is 2.30. The second-order valence-electron chi connectivity index (χ2n) is 5.61. The second-order valence-corrected chi connectivity index (χ2v) is 6.52. The van der Waals surface area contributed by atoms with E-state index in [4.69, 9.17) is 4.74 Å². The molecule has 1 aliphatic rings. The van der Waals surface area contributed by atoms with Crippen molar-refractivity contribution in [3.8, 4) is 0 Å². The molecule has 0 heterocycles. The molecule has 2 rings (SSSR count). The molecule has 0 bridgehead atoms. The Morgan fingerprint density at radius 1 is 1.35 bits per heavy atom. The predicted molar refractivity (Wildman–Crippen MR) is 81.2 cm³/mol. The molecule has 1 aliphatic carbocycles. The van der Waals surface area contributed by atoms with Gasteiger partial charge in [0.25, 0.3) is 0 Å². The molecule has 2 unspecified atom stereocenters. The normalized spacial score (nSPS) is 19.8. The number of aliphatic hydroxyl groups excluding tert-OH is 1. The van der Waals surface area contributed by atoms with Gasteiger partial charge in [-0.1, -0.05) is 35.2 Å². The van der Waals surface area contributed by atoms with Gasteiger partial charge in [-0.3, -0.25) is 0 Å². The molecule has 112 valence electrons.